The molecule has 1 N–H and O–H groups in total. The van der Waals surface area contributed by atoms with Crippen molar-refractivity contribution in [3.05, 3.63) is 41.2 Å². The average Bonchev–Trinajstić information content (AvgIpc) is 3.17. The standard InChI is InChI=1S/C18H20ClN7O2S/c1-25(10-29-4)18(27)12-9-20-15(19)8-14(12)21-13-7-5-6-11(16(13)28-3)17-22-24-26(2)23-17/h5-9H,10H2,1-4H3,(H,20,21)/i1D3. The van der Waals surface area contributed by atoms with Crippen molar-refractivity contribution in [3.63, 3.8) is 0 Å². The highest BCUT2D eigenvalue weighted by atomic mass is 35.5. The lowest BCUT2D eigenvalue weighted by Crippen LogP contribution is -2.27. The second kappa shape index (κ2) is 9.10. The number of methoxy groups -OCH3 is 1. The third-order valence-corrected chi connectivity index (χ3v) is 4.57. The molecule has 0 atom stereocenters. The number of carbonyl (C=O) groups excluding carboxylic acids is 1. The molecule has 29 heavy (non-hydrogen) atoms. The van der Waals surface area contributed by atoms with Crippen LogP contribution in [0, 0.1) is 0 Å². The van der Waals surface area contributed by atoms with Crippen molar-refractivity contribution in [2.45, 2.75) is 0 Å². The Hall–Kier alpha value is -2.85. The predicted octanol–water partition coefficient (Wildman–Crippen LogP) is 3.07. The Morgan fingerprint density at radius 2 is 2.28 bits per heavy atom. The number of halogens is 1. The fourth-order valence-corrected chi connectivity index (χ4v) is 3.14. The topological polar surface area (TPSA) is 98.1 Å². The van der Waals surface area contributed by atoms with Crippen LogP contribution >= 0.6 is 23.4 Å². The number of carbonyl (C=O) groups is 1. The number of tetrazole rings is 1. The van der Waals surface area contributed by atoms with E-state index in [-0.39, 0.29) is 22.3 Å². The summed E-state index contributed by atoms with van der Waals surface area (Å²) in [4.78, 5) is 19.2. The number of para-hydroxylation sites is 1. The first-order valence-corrected chi connectivity index (χ1v) is 10.1. The minimum atomic E-state index is -2.62. The number of benzene rings is 1. The van der Waals surface area contributed by atoms with E-state index in [1.165, 1.54) is 35.9 Å². The summed E-state index contributed by atoms with van der Waals surface area (Å²) in [5.74, 6) is 0.0279. The van der Waals surface area contributed by atoms with E-state index in [2.05, 4.69) is 25.7 Å². The minimum Gasteiger partial charge on any atom is -0.494 e. The number of anilines is 2. The van der Waals surface area contributed by atoms with Crippen molar-refractivity contribution < 1.29 is 13.6 Å². The number of pyridine rings is 1. The molecule has 11 heteroatoms. The summed E-state index contributed by atoms with van der Waals surface area (Å²) >= 11 is 7.29. The van der Waals surface area contributed by atoms with Crippen LogP contribution in [0.5, 0.6) is 5.75 Å². The molecule has 0 saturated carbocycles. The van der Waals surface area contributed by atoms with Crippen LogP contribution in [0.15, 0.2) is 30.5 Å². The monoisotopic (exact) mass is 436 g/mol. The van der Waals surface area contributed by atoms with E-state index in [0.29, 0.717) is 22.8 Å². The van der Waals surface area contributed by atoms with Crippen molar-refractivity contribution in [2.24, 2.45) is 7.05 Å². The summed E-state index contributed by atoms with van der Waals surface area (Å²) in [6.07, 6.45) is 2.95. The number of hydrogen-bond donors (Lipinski definition) is 1. The molecule has 0 aliphatic heterocycles. The lowest BCUT2D eigenvalue weighted by molar-refractivity contribution is 0.0821. The highest BCUT2D eigenvalue weighted by Crippen LogP contribution is 2.37. The SMILES string of the molecule is [2H]C([2H])([2H])N(CSC)C(=O)c1cnc(Cl)cc1Nc1cccc(-c2nnn(C)n2)c1OC. The van der Waals surface area contributed by atoms with Gasteiger partial charge in [0.1, 0.15) is 5.15 Å². The van der Waals surface area contributed by atoms with E-state index in [0.717, 1.165) is 4.90 Å². The van der Waals surface area contributed by atoms with Gasteiger partial charge in [-0.05, 0) is 29.7 Å². The lowest BCUT2D eigenvalue weighted by atomic mass is 10.1. The van der Waals surface area contributed by atoms with Gasteiger partial charge in [0.15, 0.2) is 5.75 Å². The van der Waals surface area contributed by atoms with E-state index < -0.39 is 12.9 Å². The van der Waals surface area contributed by atoms with Gasteiger partial charge in [-0.15, -0.1) is 22.0 Å². The van der Waals surface area contributed by atoms with Crippen LogP contribution in [-0.4, -0.2) is 62.2 Å². The number of thioether (sulfide) groups is 1. The molecular weight excluding hydrogens is 414 g/mol. The number of ether oxygens (including phenoxy) is 1. The van der Waals surface area contributed by atoms with Crippen LogP contribution in [0.25, 0.3) is 11.4 Å². The van der Waals surface area contributed by atoms with E-state index in [1.807, 2.05) is 0 Å². The van der Waals surface area contributed by atoms with Crippen LogP contribution < -0.4 is 10.1 Å². The molecule has 0 bridgehead atoms. The third kappa shape index (κ3) is 4.60. The zero-order valence-electron chi connectivity index (χ0n) is 18.9. The summed E-state index contributed by atoms with van der Waals surface area (Å²) in [5.41, 5.74) is 1.38. The number of hydrogen-bond acceptors (Lipinski definition) is 8. The fourth-order valence-electron chi connectivity index (χ4n) is 2.61. The molecule has 0 aliphatic rings. The largest absolute Gasteiger partial charge is 0.494 e. The van der Waals surface area contributed by atoms with Gasteiger partial charge in [0.05, 0.1) is 42.5 Å². The van der Waals surface area contributed by atoms with Crippen molar-refractivity contribution >= 4 is 40.6 Å². The van der Waals surface area contributed by atoms with Gasteiger partial charge < -0.3 is 15.0 Å². The Morgan fingerprint density at radius 3 is 2.93 bits per heavy atom. The summed E-state index contributed by atoms with van der Waals surface area (Å²) < 4.78 is 28.7. The number of amides is 1. The summed E-state index contributed by atoms with van der Waals surface area (Å²) in [6.45, 7) is -2.62. The van der Waals surface area contributed by atoms with Gasteiger partial charge in [0.25, 0.3) is 5.91 Å². The molecule has 1 aromatic carbocycles. The van der Waals surface area contributed by atoms with Crippen LogP contribution in [-0.2, 0) is 7.05 Å². The smallest absolute Gasteiger partial charge is 0.257 e. The second-order valence-corrected chi connectivity index (χ2v) is 7.04. The summed E-state index contributed by atoms with van der Waals surface area (Å²) in [6, 6.07) is 6.69. The van der Waals surface area contributed by atoms with Gasteiger partial charge in [0.2, 0.25) is 5.82 Å². The molecule has 0 radical (unpaired) electrons. The van der Waals surface area contributed by atoms with E-state index in [4.69, 9.17) is 20.5 Å². The first kappa shape index (κ1) is 17.0. The maximum absolute atomic E-state index is 13.1. The Bertz CT molecular complexity index is 1130. The molecule has 1 amide bonds. The van der Waals surface area contributed by atoms with Crippen LogP contribution in [0.4, 0.5) is 11.4 Å². The fraction of sp³-hybridized carbons (Fsp3) is 0.278. The number of aryl methyl sites for hydroxylation is 1. The molecule has 0 unspecified atom stereocenters. The maximum atomic E-state index is 13.1. The molecule has 0 spiro atoms. The molecule has 2 aromatic heterocycles. The lowest BCUT2D eigenvalue weighted by Gasteiger charge is -2.19. The van der Waals surface area contributed by atoms with Crippen molar-refractivity contribution in [1.82, 2.24) is 30.1 Å². The average molecular weight is 437 g/mol. The minimum absolute atomic E-state index is 0.0193. The molecule has 2 heterocycles. The predicted molar refractivity (Wildman–Crippen MR) is 114 cm³/mol. The molecule has 0 saturated heterocycles. The third-order valence-electron chi connectivity index (χ3n) is 3.84. The number of aromatic nitrogens is 5. The van der Waals surface area contributed by atoms with E-state index in [1.54, 1.807) is 31.5 Å². The van der Waals surface area contributed by atoms with Crippen LogP contribution in [0.1, 0.15) is 14.5 Å². The van der Waals surface area contributed by atoms with Gasteiger partial charge in [-0.1, -0.05) is 17.7 Å². The quantitative estimate of drug-likeness (QED) is 0.445. The Kier molecular flexibility index (Phi) is 5.35. The first-order chi connectivity index (χ1) is 15.2. The van der Waals surface area contributed by atoms with Gasteiger partial charge in [0, 0.05) is 17.3 Å². The van der Waals surface area contributed by atoms with Gasteiger partial charge in [-0.25, -0.2) is 4.98 Å². The zero-order valence-corrected chi connectivity index (χ0v) is 17.5. The van der Waals surface area contributed by atoms with Gasteiger partial charge in [-0.3, -0.25) is 4.79 Å². The molecule has 9 nitrogen and oxygen atoms in total. The molecule has 0 aliphatic carbocycles. The summed E-state index contributed by atoms with van der Waals surface area (Å²) in [5, 5.41) is 15.3. The Labute approximate surface area is 181 Å². The molecule has 3 rings (SSSR count). The molecule has 0 fully saturated rings. The number of nitrogens with zero attached hydrogens (tertiary/aromatic N) is 6. The van der Waals surface area contributed by atoms with Crippen molar-refractivity contribution in [1.29, 1.82) is 0 Å². The second-order valence-electron chi connectivity index (χ2n) is 5.82. The molecule has 152 valence electrons. The number of nitrogens with one attached hydrogen (secondary N) is 1. The van der Waals surface area contributed by atoms with Crippen molar-refractivity contribution in [2.75, 3.05) is 31.5 Å². The molecule has 3 aromatic rings. The van der Waals surface area contributed by atoms with E-state index >= 15 is 0 Å². The Morgan fingerprint density at radius 1 is 1.45 bits per heavy atom. The Balaban J connectivity index is 2.05. The first-order valence-electron chi connectivity index (χ1n) is 9.80. The highest BCUT2D eigenvalue weighted by molar-refractivity contribution is 7.98. The van der Waals surface area contributed by atoms with Crippen molar-refractivity contribution in [3.8, 4) is 17.1 Å². The number of rotatable bonds is 7. The van der Waals surface area contributed by atoms with E-state index in [9.17, 15) is 4.79 Å². The van der Waals surface area contributed by atoms with Crippen LogP contribution in [0.3, 0.4) is 0 Å². The van der Waals surface area contributed by atoms with Gasteiger partial charge >= 0.3 is 0 Å². The molecular formula is C18H20ClN7O2S. The zero-order chi connectivity index (χ0) is 23.5. The highest BCUT2D eigenvalue weighted by Gasteiger charge is 2.20. The normalized spacial score (nSPS) is 12.6. The summed E-state index contributed by atoms with van der Waals surface area (Å²) in [7, 11) is 3.13. The van der Waals surface area contributed by atoms with Crippen LogP contribution in [0.2, 0.25) is 5.15 Å². The van der Waals surface area contributed by atoms with Gasteiger partial charge in [-0.2, -0.15) is 4.80 Å². The maximum Gasteiger partial charge on any atom is 0.257 e.